The number of amides is 2. The molecule has 5 nitrogen and oxygen atoms in total. The van der Waals surface area contributed by atoms with Crippen LogP contribution in [0.2, 0.25) is 0 Å². The molecule has 0 unspecified atom stereocenters. The number of carbonyl (C=O) groups is 2. The summed E-state index contributed by atoms with van der Waals surface area (Å²) in [7, 11) is 0. The van der Waals surface area contributed by atoms with Crippen LogP contribution in [0.15, 0.2) is 24.3 Å². The van der Waals surface area contributed by atoms with Crippen LogP contribution in [0.1, 0.15) is 56.3 Å². The Labute approximate surface area is 148 Å². The molecule has 6 heteroatoms. The van der Waals surface area contributed by atoms with Crippen LogP contribution >= 0.6 is 12.2 Å². The average Bonchev–Trinajstić information content (AvgIpc) is 2.99. The maximum absolute atomic E-state index is 12.0. The van der Waals surface area contributed by atoms with Crippen molar-refractivity contribution in [1.29, 1.82) is 0 Å². The van der Waals surface area contributed by atoms with Gasteiger partial charge in [0, 0.05) is 23.7 Å². The van der Waals surface area contributed by atoms with Crippen molar-refractivity contribution in [3.8, 4) is 0 Å². The van der Waals surface area contributed by atoms with E-state index in [-0.39, 0.29) is 23.0 Å². The molecule has 1 aliphatic rings. The van der Waals surface area contributed by atoms with Crippen molar-refractivity contribution in [3.05, 3.63) is 29.8 Å². The molecule has 3 N–H and O–H groups in total. The van der Waals surface area contributed by atoms with Crippen molar-refractivity contribution in [2.24, 2.45) is 5.92 Å². The first kappa shape index (κ1) is 18.4. The number of nitrogens with one attached hydrogen (secondary N) is 3. The van der Waals surface area contributed by atoms with E-state index < -0.39 is 0 Å². The molecule has 0 spiro atoms. The Balaban J connectivity index is 1.80. The van der Waals surface area contributed by atoms with Crippen LogP contribution in [-0.2, 0) is 4.79 Å². The molecule has 0 aromatic heterocycles. The summed E-state index contributed by atoms with van der Waals surface area (Å²) >= 11 is 5.17. The van der Waals surface area contributed by atoms with E-state index in [1.165, 1.54) is 12.8 Å². The Morgan fingerprint density at radius 1 is 1.17 bits per heavy atom. The summed E-state index contributed by atoms with van der Waals surface area (Å²) < 4.78 is 0. The Morgan fingerprint density at radius 3 is 2.38 bits per heavy atom. The minimum absolute atomic E-state index is 0.0349. The van der Waals surface area contributed by atoms with Crippen molar-refractivity contribution < 1.29 is 9.59 Å². The van der Waals surface area contributed by atoms with E-state index in [0.717, 1.165) is 18.5 Å². The van der Waals surface area contributed by atoms with E-state index in [1.807, 2.05) is 13.8 Å². The van der Waals surface area contributed by atoms with Gasteiger partial charge in [-0.3, -0.25) is 9.59 Å². The lowest BCUT2D eigenvalue weighted by atomic mass is 10.0. The highest BCUT2D eigenvalue weighted by Gasteiger charge is 2.18. The normalized spacial score (nSPS) is 14.5. The van der Waals surface area contributed by atoms with Gasteiger partial charge >= 0.3 is 0 Å². The number of rotatable bonds is 5. The van der Waals surface area contributed by atoms with Crippen molar-refractivity contribution in [2.45, 2.75) is 52.0 Å². The summed E-state index contributed by atoms with van der Waals surface area (Å²) in [5.74, 6) is 0.350. The summed E-state index contributed by atoms with van der Waals surface area (Å²) in [4.78, 5) is 23.8. The molecule has 1 aromatic rings. The molecule has 130 valence electrons. The third-order valence-electron chi connectivity index (χ3n) is 4.03. The van der Waals surface area contributed by atoms with E-state index in [2.05, 4.69) is 16.0 Å². The zero-order valence-electron chi connectivity index (χ0n) is 14.2. The van der Waals surface area contributed by atoms with E-state index in [9.17, 15) is 9.59 Å². The summed E-state index contributed by atoms with van der Waals surface area (Å²) in [6, 6.07) is 7.08. The molecule has 1 aliphatic carbocycles. The lowest BCUT2D eigenvalue weighted by Gasteiger charge is -2.12. The molecule has 0 aliphatic heterocycles. The van der Waals surface area contributed by atoms with Crippen LogP contribution in [0, 0.1) is 5.92 Å². The molecular formula is C18H25N3O2S. The van der Waals surface area contributed by atoms with E-state index in [1.54, 1.807) is 24.3 Å². The van der Waals surface area contributed by atoms with E-state index in [4.69, 9.17) is 12.2 Å². The first-order valence-electron chi connectivity index (χ1n) is 8.46. The highest BCUT2D eigenvalue weighted by atomic mass is 32.1. The lowest BCUT2D eigenvalue weighted by molar-refractivity contribution is -0.120. The second-order valence-electron chi connectivity index (χ2n) is 6.56. The third kappa shape index (κ3) is 5.92. The molecule has 0 heterocycles. The second-order valence-corrected chi connectivity index (χ2v) is 6.97. The maximum atomic E-state index is 12.0. The Hall–Kier alpha value is -1.95. The first-order valence-corrected chi connectivity index (χ1v) is 8.86. The van der Waals surface area contributed by atoms with Crippen LogP contribution in [-0.4, -0.2) is 23.0 Å². The predicted molar refractivity (Wildman–Crippen MR) is 100.0 cm³/mol. The molecule has 2 rings (SSSR count). The maximum Gasteiger partial charge on any atom is 0.251 e. The molecule has 0 saturated heterocycles. The average molecular weight is 347 g/mol. The van der Waals surface area contributed by atoms with Gasteiger partial charge in [0.1, 0.15) is 0 Å². The highest BCUT2D eigenvalue weighted by molar-refractivity contribution is 7.80. The molecule has 1 saturated carbocycles. The first-order chi connectivity index (χ1) is 11.4. The molecule has 1 aromatic carbocycles. The summed E-state index contributed by atoms with van der Waals surface area (Å²) in [6.45, 7) is 3.83. The molecule has 0 bridgehead atoms. The molecule has 0 atom stereocenters. The molecular weight excluding hydrogens is 322 g/mol. The number of hydrogen-bond donors (Lipinski definition) is 3. The van der Waals surface area contributed by atoms with E-state index >= 15 is 0 Å². The lowest BCUT2D eigenvalue weighted by Crippen LogP contribution is -2.35. The standard InChI is InChI=1S/C18H25N3O2S/c1-12(2)19-17(23)14-7-9-15(10-8-14)20-18(24)21-16(22)11-13-5-3-4-6-13/h7-10,12-13H,3-6,11H2,1-2H3,(H,19,23)(H2,20,21,22,24). The zero-order valence-corrected chi connectivity index (χ0v) is 15.0. The molecule has 1 fully saturated rings. The minimum Gasteiger partial charge on any atom is -0.350 e. The quantitative estimate of drug-likeness (QED) is 0.715. The van der Waals surface area contributed by atoms with Crippen LogP contribution in [0.5, 0.6) is 0 Å². The van der Waals surface area contributed by atoms with Crippen molar-refractivity contribution in [1.82, 2.24) is 10.6 Å². The number of anilines is 1. The molecule has 2 amide bonds. The van der Waals surface area contributed by atoms with Gasteiger partial charge in [-0.1, -0.05) is 12.8 Å². The highest BCUT2D eigenvalue weighted by Crippen LogP contribution is 2.27. The fraction of sp³-hybridized carbons (Fsp3) is 0.500. The van der Waals surface area contributed by atoms with Crippen LogP contribution < -0.4 is 16.0 Å². The zero-order chi connectivity index (χ0) is 17.5. The van der Waals surface area contributed by atoms with Gasteiger partial charge in [0.2, 0.25) is 5.91 Å². The fourth-order valence-electron chi connectivity index (χ4n) is 2.87. The van der Waals surface area contributed by atoms with Gasteiger partial charge in [-0.05, 0) is 69.1 Å². The monoisotopic (exact) mass is 347 g/mol. The number of thiocarbonyl (C=S) groups is 1. The van der Waals surface area contributed by atoms with Gasteiger partial charge in [-0.15, -0.1) is 0 Å². The topological polar surface area (TPSA) is 70.2 Å². The molecule has 0 radical (unpaired) electrons. The second kappa shape index (κ2) is 8.78. The Bertz CT molecular complexity index is 593. The summed E-state index contributed by atoms with van der Waals surface area (Å²) in [6.07, 6.45) is 5.24. The predicted octanol–water partition coefficient (Wildman–Crippen LogP) is 3.22. The molecule has 24 heavy (non-hydrogen) atoms. The SMILES string of the molecule is CC(C)NC(=O)c1ccc(NC(=S)NC(=O)CC2CCCC2)cc1. The van der Waals surface area contributed by atoms with Gasteiger partial charge in [0.15, 0.2) is 5.11 Å². The van der Waals surface area contributed by atoms with Gasteiger partial charge in [0.25, 0.3) is 5.91 Å². The van der Waals surface area contributed by atoms with Crippen molar-refractivity contribution >= 4 is 34.8 Å². The number of carbonyl (C=O) groups excluding carboxylic acids is 2. The fourth-order valence-corrected chi connectivity index (χ4v) is 3.10. The summed E-state index contributed by atoms with van der Waals surface area (Å²) in [5.41, 5.74) is 1.33. The van der Waals surface area contributed by atoms with Crippen LogP contribution in [0.3, 0.4) is 0 Å². The van der Waals surface area contributed by atoms with Gasteiger partial charge in [-0.2, -0.15) is 0 Å². The number of benzene rings is 1. The largest absolute Gasteiger partial charge is 0.350 e. The van der Waals surface area contributed by atoms with E-state index in [0.29, 0.717) is 17.9 Å². The van der Waals surface area contributed by atoms with Gasteiger partial charge in [-0.25, -0.2) is 0 Å². The van der Waals surface area contributed by atoms with Crippen molar-refractivity contribution in [3.63, 3.8) is 0 Å². The Kier molecular flexibility index (Phi) is 6.73. The summed E-state index contributed by atoms with van der Waals surface area (Å²) in [5, 5.41) is 8.82. The van der Waals surface area contributed by atoms with Gasteiger partial charge in [0.05, 0.1) is 0 Å². The minimum atomic E-state index is -0.107. The van der Waals surface area contributed by atoms with Crippen LogP contribution in [0.4, 0.5) is 5.69 Å². The third-order valence-corrected chi connectivity index (χ3v) is 4.23. The number of hydrogen-bond acceptors (Lipinski definition) is 3. The van der Waals surface area contributed by atoms with Gasteiger partial charge < -0.3 is 16.0 Å². The van der Waals surface area contributed by atoms with Crippen molar-refractivity contribution in [2.75, 3.05) is 5.32 Å². The smallest absolute Gasteiger partial charge is 0.251 e. The van der Waals surface area contributed by atoms with Crippen LogP contribution in [0.25, 0.3) is 0 Å². The Morgan fingerprint density at radius 2 is 1.79 bits per heavy atom.